The molecule has 0 unspecified atom stereocenters. The lowest BCUT2D eigenvalue weighted by atomic mass is 9.91. The second-order valence-corrected chi connectivity index (χ2v) is 8.06. The Morgan fingerprint density at radius 3 is 2.93 bits per heavy atom. The van der Waals surface area contributed by atoms with E-state index in [1.54, 1.807) is 6.20 Å². The lowest BCUT2D eigenvalue weighted by Crippen LogP contribution is -2.42. The van der Waals surface area contributed by atoms with Crippen LogP contribution in [0.25, 0.3) is 21.7 Å². The van der Waals surface area contributed by atoms with Crippen LogP contribution in [0.5, 0.6) is 0 Å². The zero-order chi connectivity index (χ0) is 20.7. The molecule has 5 rings (SSSR count). The average molecular weight is 403 g/mol. The van der Waals surface area contributed by atoms with E-state index in [2.05, 4.69) is 31.9 Å². The van der Waals surface area contributed by atoms with Crippen molar-refractivity contribution in [3.05, 3.63) is 52.6 Å². The Labute approximate surface area is 173 Å². The molecule has 154 valence electrons. The molecule has 1 aromatic carbocycles. The van der Waals surface area contributed by atoms with Crippen LogP contribution in [0, 0.1) is 6.92 Å². The first-order valence-corrected chi connectivity index (χ1v) is 10.3. The Bertz CT molecular complexity index is 1280. The van der Waals surface area contributed by atoms with Crippen LogP contribution in [0.2, 0.25) is 0 Å². The molecule has 0 aliphatic heterocycles. The van der Waals surface area contributed by atoms with Gasteiger partial charge in [0.2, 0.25) is 0 Å². The summed E-state index contributed by atoms with van der Waals surface area (Å²) < 4.78 is 0. The van der Waals surface area contributed by atoms with E-state index in [-0.39, 0.29) is 17.6 Å². The molecule has 6 N–H and O–H groups in total. The van der Waals surface area contributed by atoms with Crippen LogP contribution < -0.4 is 21.9 Å². The fourth-order valence-corrected chi connectivity index (χ4v) is 4.35. The SMILES string of the molecule is Cc1cc2c(Nc3nc(N[C@@H]4CCCC[C@@H]4N)cc4cn[nH]c(=O)c34)cccc2[nH]1. The van der Waals surface area contributed by atoms with Crippen molar-refractivity contribution in [1.82, 2.24) is 20.2 Å². The van der Waals surface area contributed by atoms with Gasteiger partial charge in [0.1, 0.15) is 11.6 Å². The van der Waals surface area contributed by atoms with E-state index < -0.39 is 0 Å². The molecule has 2 atom stereocenters. The van der Waals surface area contributed by atoms with Gasteiger partial charge < -0.3 is 21.4 Å². The van der Waals surface area contributed by atoms with Crippen LogP contribution in [-0.2, 0) is 0 Å². The minimum Gasteiger partial charge on any atom is -0.366 e. The van der Waals surface area contributed by atoms with Gasteiger partial charge in [-0.15, -0.1) is 0 Å². The molecule has 3 heterocycles. The molecule has 0 amide bonds. The molecule has 8 nitrogen and oxygen atoms in total. The van der Waals surface area contributed by atoms with Crippen LogP contribution in [0.4, 0.5) is 17.3 Å². The molecule has 30 heavy (non-hydrogen) atoms. The molecular weight excluding hydrogens is 378 g/mol. The zero-order valence-electron chi connectivity index (χ0n) is 16.8. The highest BCUT2D eigenvalue weighted by atomic mass is 16.1. The lowest BCUT2D eigenvalue weighted by Gasteiger charge is -2.30. The van der Waals surface area contributed by atoms with Gasteiger partial charge in [0.25, 0.3) is 5.56 Å². The van der Waals surface area contributed by atoms with E-state index in [1.165, 1.54) is 0 Å². The Balaban J connectivity index is 1.59. The molecule has 3 aromatic heterocycles. The van der Waals surface area contributed by atoms with E-state index in [0.717, 1.165) is 53.4 Å². The van der Waals surface area contributed by atoms with Gasteiger partial charge in [-0.2, -0.15) is 5.10 Å². The lowest BCUT2D eigenvalue weighted by molar-refractivity contribution is 0.403. The third-order valence-electron chi connectivity index (χ3n) is 5.85. The van der Waals surface area contributed by atoms with Crippen molar-refractivity contribution in [2.75, 3.05) is 10.6 Å². The summed E-state index contributed by atoms with van der Waals surface area (Å²) in [7, 11) is 0. The highest BCUT2D eigenvalue weighted by Gasteiger charge is 2.22. The number of pyridine rings is 1. The third kappa shape index (κ3) is 3.39. The van der Waals surface area contributed by atoms with E-state index in [9.17, 15) is 4.79 Å². The number of H-pyrrole nitrogens is 2. The maximum atomic E-state index is 12.6. The number of benzene rings is 1. The van der Waals surface area contributed by atoms with Gasteiger partial charge in [0, 0.05) is 39.8 Å². The second-order valence-electron chi connectivity index (χ2n) is 8.06. The van der Waals surface area contributed by atoms with Crippen molar-refractivity contribution in [2.45, 2.75) is 44.7 Å². The standard InChI is InChI=1S/C22H25N7O/c1-12-9-14-16(25-12)7-4-8-17(14)27-21-20-13(11-24-29-22(20)30)10-19(28-21)26-18-6-3-2-5-15(18)23/h4,7-11,15,18,25H,2-3,5-6,23H2,1H3,(H,29,30)(H2,26,27,28)/t15-,18+/m0/s1. The molecule has 0 bridgehead atoms. The molecule has 8 heteroatoms. The van der Waals surface area contributed by atoms with Gasteiger partial charge >= 0.3 is 0 Å². The number of aromatic nitrogens is 4. The Morgan fingerprint density at radius 2 is 2.07 bits per heavy atom. The van der Waals surface area contributed by atoms with Crippen molar-refractivity contribution in [2.24, 2.45) is 5.73 Å². The molecule has 1 saturated carbocycles. The predicted molar refractivity (Wildman–Crippen MR) is 120 cm³/mol. The third-order valence-corrected chi connectivity index (χ3v) is 5.85. The monoisotopic (exact) mass is 403 g/mol. The summed E-state index contributed by atoms with van der Waals surface area (Å²) in [6, 6.07) is 10.2. The Hall–Kier alpha value is -3.39. The smallest absolute Gasteiger partial charge is 0.275 e. The number of rotatable bonds is 4. The fraction of sp³-hybridized carbons (Fsp3) is 0.318. The Morgan fingerprint density at radius 1 is 1.20 bits per heavy atom. The van der Waals surface area contributed by atoms with Crippen LogP contribution in [0.15, 0.2) is 41.3 Å². The van der Waals surface area contributed by atoms with Crippen molar-refractivity contribution >= 4 is 39.0 Å². The number of fused-ring (bicyclic) bond motifs is 2. The van der Waals surface area contributed by atoms with Crippen molar-refractivity contribution in [3.8, 4) is 0 Å². The minimum absolute atomic E-state index is 0.0986. The van der Waals surface area contributed by atoms with Crippen LogP contribution in [-0.4, -0.2) is 32.2 Å². The first-order chi connectivity index (χ1) is 14.6. The quantitative estimate of drug-likeness (QED) is 0.355. The average Bonchev–Trinajstić information content (AvgIpc) is 3.11. The van der Waals surface area contributed by atoms with Gasteiger partial charge in [-0.25, -0.2) is 10.1 Å². The molecule has 0 spiro atoms. The molecule has 1 aliphatic rings. The highest BCUT2D eigenvalue weighted by molar-refractivity contribution is 5.99. The number of aromatic amines is 2. The Kier molecular flexibility index (Phi) is 4.63. The van der Waals surface area contributed by atoms with E-state index in [4.69, 9.17) is 10.7 Å². The molecular formula is C22H25N7O. The first-order valence-electron chi connectivity index (χ1n) is 10.3. The second kappa shape index (κ2) is 7.46. The molecule has 0 radical (unpaired) electrons. The van der Waals surface area contributed by atoms with E-state index >= 15 is 0 Å². The summed E-state index contributed by atoms with van der Waals surface area (Å²) in [5.74, 6) is 1.19. The van der Waals surface area contributed by atoms with Crippen molar-refractivity contribution < 1.29 is 0 Å². The van der Waals surface area contributed by atoms with Gasteiger partial charge in [-0.1, -0.05) is 18.9 Å². The normalized spacial score (nSPS) is 19.3. The van der Waals surface area contributed by atoms with Crippen LogP contribution >= 0.6 is 0 Å². The minimum atomic E-state index is -0.277. The number of nitrogens with one attached hydrogen (secondary N) is 4. The summed E-state index contributed by atoms with van der Waals surface area (Å²) in [4.78, 5) is 20.7. The molecule has 1 fully saturated rings. The largest absolute Gasteiger partial charge is 0.366 e. The fourth-order valence-electron chi connectivity index (χ4n) is 4.35. The van der Waals surface area contributed by atoms with Gasteiger partial charge in [-0.05, 0) is 44.0 Å². The summed E-state index contributed by atoms with van der Waals surface area (Å²) >= 11 is 0. The van der Waals surface area contributed by atoms with Gasteiger partial charge in [-0.3, -0.25) is 4.79 Å². The number of anilines is 3. The topological polar surface area (TPSA) is 125 Å². The van der Waals surface area contributed by atoms with Gasteiger partial charge in [0.15, 0.2) is 0 Å². The number of hydrogen-bond donors (Lipinski definition) is 5. The number of aryl methyl sites for hydroxylation is 1. The van der Waals surface area contributed by atoms with Crippen LogP contribution in [0.1, 0.15) is 31.4 Å². The van der Waals surface area contributed by atoms with E-state index in [1.807, 2.05) is 31.2 Å². The number of nitrogens with zero attached hydrogens (tertiary/aromatic N) is 2. The maximum absolute atomic E-state index is 12.6. The van der Waals surface area contributed by atoms with Crippen molar-refractivity contribution in [1.29, 1.82) is 0 Å². The molecule has 1 aliphatic carbocycles. The summed E-state index contributed by atoms with van der Waals surface area (Å²) in [6.45, 7) is 2.02. The summed E-state index contributed by atoms with van der Waals surface area (Å²) in [5, 5.41) is 15.6. The zero-order valence-corrected chi connectivity index (χ0v) is 16.8. The van der Waals surface area contributed by atoms with Gasteiger partial charge in [0.05, 0.1) is 11.6 Å². The molecule has 0 saturated heterocycles. The summed E-state index contributed by atoms with van der Waals surface area (Å²) in [6.07, 6.45) is 5.99. The summed E-state index contributed by atoms with van der Waals surface area (Å²) in [5.41, 5.74) is 9.02. The number of nitrogens with two attached hydrogens (primary N) is 1. The predicted octanol–water partition coefficient (Wildman–Crippen LogP) is 3.53. The highest BCUT2D eigenvalue weighted by Crippen LogP contribution is 2.30. The van der Waals surface area contributed by atoms with Crippen LogP contribution in [0.3, 0.4) is 0 Å². The first kappa shape index (κ1) is 18.6. The van der Waals surface area contributed by atoms with E-state index in [0.29, 0.717) is 17.0 Å². The van der Waals surface area contributed by atoms with Crippen molar-refractivity contribution in [3.63, 3.8) is 0 Å². The maximum Gasteiger partial charge on any atom is 0.275 e. The molecule has 4 aromatic rings. The number of hydrogen-bond acceptors (Lipinski definition) is 6.